The summed E-state index contributed by atoms with van der Waals surface area (Å²) in [5, 5.41) is 2.37. The molecule has 0 fully saturated rings. The topological polar surface area (TPSA) is 32.7 Å². The minimum Gasteiger partial charge on any atom is -0.266 e. The second kappa shape index (κ2) is 9.27. The summed E-state index contributed by atoms with van der Waals surface area (Å²) >= 11 is 19.8. The fourth-order valence-electron chi connectivity index (χ4n) is 2.88. The van der Waals surface area contributed by atoms with Gasteiger partial charge >= 0.3 is 0 Å². The van der Waals surface area contributed by atoms with Gasteiger partial charge in [-0.05, 0) is 53.6 Å². The lowest BCUT2D eigenvalue weighted by atomic mass is 10.2. The first kappa shape index (κ1) is 21.0. The maximum atomic E-state index is 13.2. The Morgan fingerprint density at radius 1 is 0.867 bits per heavy atom. The van der Waals surface area contributed by atoms with Crippen LogP contribution in [0.2, 0.25) is 15.1 Å². The van der Waals surface area contributed by atoms with Crippen molar-refractivity contribution in [2.75, 3.05) is 4.90 Å². The second-order valence-electron chi connectivity index (χ2n) is 6.48. The third-order valence-corrected chi connectivity index (χ3v) is 6.21. The number of hydrogen-bond acceptors (Lipinski definition) is 3. The van der Waals surface area contributed by atoms with Gasteiger partial charge in [-0.15, -0.1) is 0 Å². The van der Waals surface area contributed by atoms with Crippen molar-refractivity contribution in [3.05, 3.63) is 105 Å². The molecule has 0 unspecified atom stereocenters. The van der Waals surface area contributed by atoms with Crippen molar-refractivity contribution in [1.82, 2.24) is 0 Å². The van der Waals surface area contributed by atoms with E-state index in [2.05, 4.69) is 4.99 Å². The highest BCUT2D eigenvalue weighted by Gasteiger charge is 2.33. The highest BCUT2D eigenvalue weighted by atomic mass is 35.5. The van der Waals surface area contributed by atoms with E-state index in [-0.39, 0.29) is 5.91 Å². The monoisotopic (exact) mass is 472 g/mol. The van der Waals surface area contributed by atoms with E-state index in [1.165, 1.54) is 11.8 Å². The van der Waals surface area contributed by atoms with E-state index in [9.17, 15) is 4.79 Å². The molecular weight excluding hydrogens is 459 g/mol. The number of amides is 1. The van der Waals surface area contributed by atoms with E-state index >= 15 is 0 Å². The molecule has 0 spiro atoms. The Bertz CT molecular complexity index is 1140. The minimum atomic E-state index is -0.225. The summed E-state index contributed by atoms with van der Waals surface area (Å²) in [6.45, 7) is 0. The first-order valence-corrected chi connectivity index (χ1v) is 11.2. The molecule has 0 atom stereocenters. The predicted molar refractivity (Wildman–Crippen MR) is 129 cm³/mol. The third kappa shape index (κ3) is 4.73. The Balaban J connectivity index is 1.67. The van der Waals surface area contributed by atoms with Crippen LogP contribution in [0.4, 0.5) is 5.69 Å². The van der Waals surface area contributed by atoms with Crippen LogP contribution < -0.4 is 4.90 Å². The van der Waals surface area contributed by atoms with Crippen molar-refractivity contribution in [3.63, 3.8) is 0 Å². The smallest absolute Gasteiger partial charge is 0.266 e. The minimum absolute atomic E-state index is 0.225. The van der Waals surface area contributed by atoms with Crippen molar-refractivity contribution in [2.45, 2.75) is 5.75 Å². The molecular formula is C23H15Cl3N2OS. The fraction of sp³-hybridized carbons (Fsp3) is 0.0435. The molecule has 1 amide bonds. The number of rotatable bonds is 4. The Labute approximate surface area is 194 Å². The van der Waals surface area contributed by atoms with E-state index in [1.54, 1.807) is 29.2 Å². The Morgan fingerprint density at radius 3 is 2.17 bits per heavy atom. The quantitative estimate of drug-likeness (QED) is 0.372. The standard InChI is InChI=1S/C23H15Cl3N2OS/c24-17-9-5-15(6-10-17)13-20-22(29)28(21-4-2-1-3-19(21)26)23(27-20)30-14-16-7-11-18(25)12-8-16/h1-13H,14H2. The normalized spacial score (nSPS) is 15.0. The van der Waals surface area contributed by atoms with Crippen molar-refractivity contribution in [1.29, 1.82) is 0 Å². The first-order valence-electron chi connectivity index (χ1n) is 9.03. The van der Waals surface area contributed by atoms with Gasteiger partial charge in [0.25, 0.3) is 5.91 Å². The zero-order valence-electron chi connectivity index (χ0n) is 15.6. The Morgan fingerprint density at radius 2 is 1.50 bits per heavy atom. The highest BCUT2D eigenvalue weighted by Crippen LogP contribution is 2.34. The van der Waals surface area contributed by atoms with Crippen molar-refractivity contribution in [2.24, 2.45) is 4.99 Å². The van der Waals surface area contributed by atoms with E-state index in [4.69, 9.17) is 34.8 Å². The van der Waals surface area contributed by atoms with Crippen LogP contribution in [-0.4, -0.2) is 11.1 Å². The average Bonchev–Trinajstić information content (AvgIpc) is 3.05. The summed E-state index contributed by atoms with van der Waals surface area (Å²) < 4.78 is 0. The third-order valence-electron chi connectivity index (χ3n) is 4.38. The van der Waals surface area contributed by atoms with Crippen LogP contribution in [0.1, 0.15) is 11.1 Å². The van der Waals surface area contributed by atoms with E-state index in [1.807, 2.05) is 54.6 Å². The van der Waals surface area contributed by atoms with Gasteiger partial charge in [-0.25, -0.2) is 4.99 Å². The maximum Gasteiger partial charge on any atom is 0.283 e. The lowest BCUT2D eigenvalue weighted by molar-refractivity contribution is -0.113. The van der Waals surface area contributed by atoms with Gasteiger partial charge in [0.15, 0.2) is 5.17 Å². The number of para-hydroxylation sites is 1. The Kier molecular flexibility index (Phi) is 6.49. The molecule has 3 aromatic rings. The molecule has 3 nitrogen and oxygen atoms in total. The molecule has 0 N–H and O–H groups in total. The van der Waals surface area contributed by atoms with Gasteiger partial charge in [-0.2, -0.15) is 0 Å². The van der Waals surface area contributed by atoms with Gasteiger partial charge in [-0.3, -0.25) is 9.69 Å². The number of hydrogen-bond donors (Lipinski definition) is 0. The summed E-state index contributed by atoms with van der Waals surface area (Å²) in [5.41, 5.74) is 2.87. The van der Waals surface area contributed by atoms with Crippen LogP contribution in [0.5, 0.6) is 0 Å². The molecule has 1 aliphatic rings. The van der Waals surface area contributed by atoms with Gasteiger partial charge in [0.2, 0.25) is 0 Å². The molecule has 0 radical (unpaired) electrons. The van der Waals surface area contributed by atoms with E-state index < -0.39 is 0 Å². The van der Waals surface area contributed by atoms with E-state index in [0.717, 1.165) is 11.1 Å². The molecule has 1 aliphatic heterocycles. The number of benzene rings is 3. The summed E-state index contributed by atoms with van der Waals surface area (Å²) in [6, 6.07) is 22.1. The van der Waals surface area contributed by atoms with Crippen LogP contribution in [0.25, 0.3) is 6.08 Å². The molecule has 0 aromatic heterocycles. The van der Waals surface area contributed by atoms with Crippen LogP contribution in [-0.2, 0) is 10.5 Å². The summed E-state index contributed by atoms with van der Waals surface area (Å²) in [6.07, 6.45) is 1.75. The van der Waals surface area contributed by atoms with Crippen LogP contribution in [0.3, 0.4) is 0 Å². The number of amidine groups is 1. The number of nitrogens with zero attached hydrogens (tertiary/aromatic N) is 2. The SMILES string of the molecule is O=C1C(=Cc2ccc(Cl)cc2)N=C(SCc2ccc(Cl)cc2)N1c1ccccc1Cl. The van der Waals surface area contributed by atoms with Gasteiger partial charge in [0, 0.05) is 15.8 Å². The number of carbonyl (C=O) groups is 1. The van der Waals surface area contributed by atoms with E-state index in [0.29, 0.717) is 37.4 Å². The first-order chi connectivity index (χ1) is 14.5. The molecule has 4 rings (SSSR count). The maximum absolute atomic E-state index is 13.2. The zero-order valence-corrected chi connectivity index (χ0v) is 18.6. The zero-order chi connectivity index (χ0) is 21.1. The summed E-state index contributed by atoms with van der Waals surface area (Å²) in [4.78, 5) is 19.4. The number of carbonyl (C=O) groups excluding carboxylic acids is 1. The molecule has 0 bridgehead atoms. The van der Waals surface area contributed by atoms with Gasteiger partial charge in [0.05, 0.1) is 10.7 Å². The Hall–Kier alpha value is -2.24. The van der Waals surface area contributed by atoms with Crippen LogP contribution >= 0.6 is 46.6 Å². The van der Waals surface area contributed by atoms with Crippen LogP contribution in [0, 0.1) is 0 Å². The lowest BCUT2D eigenvalue weighted by Crippen LogP contribution is -2.30. The molecule has 7 heteroatoms. The molecule has 1 heterocycles. The highest BCUT2D eigenvalue weighted by molar-refractivity contribution is 8.13. The number of anilines is 1. The summed E-state index contributed by atoms with van der Waals surface area (Å²) in [7, 11) is 0. The van der Waals surface area contributed by atoms with Gasteiger partial charge < -0.3 is 0 Å². The predicted octanol–water partition coefficient (Wildman–Crippen LogP) is 7.32. The molecule has 30 heavy (non-hydrogen) atoms. The van der Waals surface area contributed by atoms with Crippen molar-refractivity contribution in [3.8, 4) is 0 Å². The molecule has 0 saturated carbocycles. The summed E-state index contributed by atoms with van der Waals surface area (Å²) in [5.74, 6) is 0.412. The average molecular weight is 474 g/mol. The number of thioether (sulfide) groups is 1. The van der Waals surface area contributed by atoms with Crippen molar-refractivity contribution < 1.29 is 4.79 Å². The largest absolute Gasteiger partial charge is 0.283 e. The number of halogens is 3. The number of aliphatic imine (C=N–C) groups is 1. The molecule has 0 saturated heterocycles. The van der Waals surface area contributed by atoms with Crippen molar-refractivity contribution >= 4 is 69.4 Å². The lowest BCUT2D eigenvalue weighted by Gasteiger charge is -2.19. The van der Waals surface area contributed by atoms with Gasteiger partial charge in [-0.1, -0.05) is 83.0 Å². The van der Waals surface area contributed by atoms with Gasteiger partial charge in [0.1, 0.15) is 5.70 Å². The van der Waals surface area contributed by atoms with Crippen LogP contribution in [0.15, 0.2) is 83.5 Å². The molecule has 0 aliphatic carbocycles. The molecule has 150 valence electrons. The fourth-order valence-corrected chi connectivity index (χ4v) is 4.32. The second-order valence-corrected chi connectivity index (χ2v) is 8.71. The molecule has 3 aromatic carbocycles.